The predicted octanol–water partition coefficient (Wildman–Crippen LogP) is 2.80. The van der Waals surface area contributed by atoms with E-state index in [0.29, 0.717) is 10.5 Å². The smallest absolute Gasteiger partial charge is 0.254 e. The Balaban J connectivity index is 2.10. The molecule has 0 aromatic heterocycles. The second kappa shape index (κ2) is 6.01. The van der Waals surface area contributed by atoms with Gasteiger partial charge in [-0.1, -0.05) is 15.9 Å². The largest absolute Gasteiger partial charge is 0.348 e. The molecule has 1 fully saturated rings. The molecule has 0 radical (unpaired) electrons. The molecule has 1 aliphatic rings. The van der Waals surface area contributed by atoms with Crippen molar-refractivity contribution in [2.45, 2.75) is 31.3 Å². The molecule has 0 spiro atoms. The minimum absolute atomic E-state index is 0.0961. The number of rotatable bonds is 3. The lowest BCUT2D eigenvalue weighted by atomic mass is 10.1. The number of hydrogen-bond acceptors (Lipinski definition) is 2. The Bertz CT molecular complexity index is 479. The topological polar surface area (TPSA) is 32.3 Å². The molecule has 0 aliphatic heterocycles. The minimum Gasteiger partial charge on any atom is -0.348 e. The highest BCUT2D eigenvalue weighted by atomic mass is 79.9. The van der Waals surface area contributed by atoms with Crippen molar-refractivity contribution in [3.8, 4) is 0 Å². The SMILES string of the molecule is CN(C)[C@H]1CCC[C@@H]1NC(=O)c1cc(Br)ccc1F. The second-order valence-electron chi connectivity index (χ2n) is 5.17. The monoisotopic (exact) mass is 328 g/mol. The fourth-order valence-corrected chi connectivity index (χ4v) is 3.01. The third kappa shape index (κ3) is 3.34. The Morgan fingerprint density at radius 1 is 1.42 bits per heavy atom. The number of amides is 1. The third-order valence-electron chi connectivity index (χ3n) is 3.63. The van der Waals surface area contributed by atoms with Crippen LogP contribution in [0.15, 0.2) is 22.7 Å². The van der Waals surface area contributed by atoms with Crippen molar-refractivity contribution in [1.29, 1.82) is 0 Å². The van der Waals surface area contributed by atoms with Crippen LogP contribution >= 0.6 is 15.9 Å². The molecule has 1 aliphatic carbocycles. The van der Waals surface area contributed by atoms with E-state index in [1.807, 2.05) is 14.1 Å². The van der Waals surface area contributed by atoms with Crippen LogP contribution in [0.5, 0.6) is 0 Å². The number of likely N-dealkylation sites (N-methyl/N-ethyl adjacent to an activating group) is 1. The molecule has 2 atom stereocenters. The molecule has 0 heterocycles. The summed E-state index contributed by atoms with van der Waals surface area (Å²) in [5.74, 6) is -0.822. The zero-order valence-corrected chi connectivity index (χ0v) is 12.7. The first-order valence-corrected chi connectivity index (χ1v) is 7.20. The number of carbonyl (C=O) groups is 1. The maximum atomic E-state index is 13.7. The van der Waals surface area contributed by atoms with E-state index in [4.69, 9.17) is 0 Å². The number of nitrogens with zero attached hydrogens (tertiary/aromatic N) is 1. The van der Waals surface area contributed by atoms with Crippen molar-refractivity contribution >= 4 is 21.8 Å². The molecular formula is C14H18BrFN2O. The van der Waals surface area contributed by atoms with E-state index in [-0.39, 0.29) is 17.5 Å². The predicted molar refractivity (Wildman–Crippen MR) is 76.7 cm³/mol. The van der Waals surface area contributed by atoms with Crippen LogP contribution in [-0.2, 0) is 0 Å². The Hall–Kier alpha value is -0.940. The lowest BCUT2D eigenvalue weighted by Crippen LogP contribution is -2.46. The number of benzene rings is 1. The van der Waals surface area contributed by atoms with Crippen LogP contribution in [0.3, 0.4) is 0 Å². The van der Waals surface area contributed by atoms with E-state index in [9.17, 15) is 9.18 Å². The molecule has 0 bridgehead atoms. The van der Waals surface area contributed by atoms with Crippen molar-refractivity contribution in [3.05, 3.63) is 34.1 Å². The maximum Gasteiger partial charge on any atom is 0.254 e. The van der Waals surface area contributed by atoms with Gasteiger partial charge in [-0.05, 0) is 51.6 Å². The Morgan fingerprint density at radius 3 is 2.84 bits per heavy atom. The summed E-state index contributed by atoms with van der Waals surface area (Å²) in [6.45, 7) is 0. The number of halogens is 2. The molecular weight excluding hydrogens is 311 g/mol. The van der Waals surface area contributed by atoms with Crippen LogP contribution in [0.1, 0.15) is 29.6 Å². The van der Waals surface area contributed by atoms with Gasteiger partial charge in [0.1, 0.15) is 5.82 Å². The first-order valence-electron chi connectivity index (χ1n) is 6.41. The van der Waals surface area contributed by atoms with E-state index in [1.165, 1.54) is 12.1 Å². The molecule has 0 unspecified atom stereocenters. The summed E-state index contributed by atoms with van der Waals surface area (Å²) < 4.78 is 14.4. The van der Waals surface area contributed by atoms with Gasteiger partial charge in [-0.3, -0.25) is 4.79 Å². The molecule has 19 heavy (non-hydrogen) atoms. The van der Waals surface area contributed by atoms with Gasteiger partial charge in [-0.2, -0.15) is 0 Å². The molecule has 1 aromatic rings. The van der Waals surface area contributed by atoms with Gasteiger partial charge in [-0.15, -0.1) is 0 Å². The Kier molecular flexibility index (Phi) is 4.58. The molecule has 1 aromatic carbocycles. The van der Waals surface area contributed by atoms with E-state index < -0.39 is 5.82 Å². The van der Waals surface area contributed by atoms with Crippen LogP contribution in [0, 0.1) is 5.82 Å². The van der Waals surface area contributed by atoms with Crippen molar-refractivity contribution in [2.24, 2.45) is 0 Å². The average Bonchev–Trinajstić information content (AvgIpc) is 2.80. The molecule has 0 saturated heterocycles. The molecule has 1 saturated carbocycles. The van der Waals surface area contributed by atoms with Gasteiger partial charge in [0.15, 0.2) is 0 Å². The average molecular weight is 329 g/mol. The van der Waals surface area contributed by atoms with Crippen molar-refractivity contribution in [2.75, 3.05) is 14.1 Å². The van der Waals surface area contributed by atoms with Crippen LogP contribution in [0.25, 0.3) is 0 Å². The fourth-order valence-electron chi connectivity index (χ4n) is 2.64. The summed E-state index contributed by atoms with van der Waals surface area (Å²) in [5.41, 5.74) is 0.0961. The van der Waals surface area contributed by atoms with Crippen molar-refractivity contribution in [1.82, 2.24) is 10.2 Å². The second-order valence-corrected chi connectivity index (χ2v) is 6.08. The molecule has 3 nitrogen and oxygen atoms in total. The zero-order valence-electron chi connectivity index (χ0n) is 11.1. The van der Waals surface area contributed by atoms with Gasteiger partial charge in [-0.25, -0.2) is 4.39 Å². The summed E-state index contributed by atoms with van der Waals surface area (Å²) in [6, 6.07) is 4.84. The van der Waals surface area contributed by atoms with E-state index in [0.717, 1.165) is 19.3 Å². The van der Waals surface area contributed by atoms with Crippen LogP contribution < -0.4 is 5.32 Å². The van der Waals surface area contributed by atoms with Crippen LogP contribution in [0.4, 0.5) is 4.39 Å². The molecule has 5 heteroatoms. The highest BCUT2D eigenvalue weighted by molar-refractivity contribution is 9.10. The van der Waals surface area contributed by atoms with E-state index >= 15 is 0 Å². The number of nitrogens with one attached hydrogen (secondary N) is 1. The fraction of sp³-hybridized carbons (Fsp3) is 0.500. The van der Waals surface area contributed by atoms with Crippen LogP contribution in [0.2, 0.25) is 0 Å². The van der Waals surface area contributed by atoms with Gasteiger partial charge in [0.05, 0.1) is 5.56 Å². The summed E-state index contributed by atoms with van der Waals surface area (Å²) in [7, 11) is 4.02. The normalized spacial score (nSPS) is 22.8. The minimum atomic E-state index is -0.486. The van der Waals surface area contributed by atoms with Gasteiger partial charge in [0.25, 0.3) is 5.91 Å². The highest BCUT2D eigenvalue weighted by Crippen LogP contribution is 2.23. The Labute approximate surface area is 121 Å². The molecule has 1 N–H and O–H groups in total. The van der Waals surface area contributed by atoms with E-state index in [1.54, 1.807) is 6.07 Å². The summed E-state index contributed by atoms with van der Waals surface area (Å²) >= 11 is 3.26. The zero-order chi connectivity index (χ0) is 14.0. The number of hydrogen-bond donors (Lipinski definition) is 1. The lowest BCUT2D eigenvalue weighted by molar-refractivity contribution is 0.0915. The highest BCUT2D eigenvalue weighted by Gasteiger charge is 2.30. The maximum absolute atomic E-state index is 13.7. The standard InChI is InChI=1S/C14H18BrFN2O/c1-18(2)13-5-3-4-12(13)17-14(19)10-8-9(15)6-7-11(10)16/h6-8,12-13H,3-5H2,1-2H3,(H,17,19)/t12-,13-/m0/s1. The molecule has 2 rings (SSSR count). The molecule has 1 amide bonds. The van der Waals surface area contributed by atoms with Crippen molar-refractivity contribution < 1.29 is 9.18 Å². The Morgan fingerprint density at radius 2 is 2.16 bits per heavy atom. The van der Waals surface area contributed by atoms with Gasteiger partial charge >= 0.3 is 0 Å². The van der Waals surface area contributed by atoms with Gasteiger partial charge in [0, 0.05) is 16.6 Å². The molecule has 104 valence electrons. The van der Waals surface area contributed by atoms with Gasteiger partial charge < -0.3 is 10.2 Å². The summed E-state index contributed by atoms with van der Waals surface area (Å²) in [4.78, 5) is 14.3. The van der Waals surface area contributed by atoms with E-state index in [2.05, 4.69) is 26.1 Å². The first-order chi connectivity index (χ1) is 8.99. The summed E-state index contributed by atoms with van der Waals surface area (Å²) in [5, 5.41) is 2.95. The van der Waals surface area contributed by atoms with Crippen molar-refractivity contribution in [3.63, 3.8) is 0 Å². The van der Waals surface area contributed by atoms with Gasteiger partial charge in [0.2, 0.25) is 0 Å². The van der Waals surface area contributed by atoms with Crippen LogP contribution in [-0.4, -0.2) is 37.0 Å². The third-order valence-corrected chi connectivity index (χ3v) is 4.13. The lowest BCUT2D eigenvalue weighted by Gasteiger charge is -2.27. The quantitative estimate of drug-likeness (QED) is 0.925. The summed E-state index contributed by atoms with van der Waals surface area (Å²) in [6.07, 6.45) is 3.11. The number of carbonyl (C=O) groups excluding carboxylic acids is 1. The first kappa shape index (κ1) is 14.5.